The van der Waals surface area contributed by atoms with Crippen LogP contribution in [0.1, 0.15) is 25.3 Å². The van der Waals surface area contributed by atoms with Crippen LogP contribution in [0.5, 0.6) is 5.75 Å². The van der Waals surface area contributed by atoms with Gasteiger partial charge in [0.1, 0.15) is 0 Å². The van der Waals surface area contributed by atoms with E-state index in [4.69, 9.17) is 0 Å². The van der Waals surface area contributed by atoms with E-state index in [1.54, 1.807) is 0 Å². The molecule has 0 aliphatic carbocycles. The van der Waals surface area contributed by atoms with Crippen LogP contribution in [0.15, 0.2) is 36.4 Å². The van der Waals surface area contributed by atoms with Crippen molar-refractivity contribution in [2.75, 3.05) is 6.86 Å². The van der Waals surface area contributed by atoms with Crippen molar-refractivity contribution >= 4 is 0 Å². The van der Waals surface area contributed by atoms with E-state index in [1.807, 2.05) is 24.3 Å². The van der Waals surface area contributed by atoms with Crippen LogP contribution in [0.3, 0.4) is 0 Å². The highest BCUT2D eigenvalue weighted by Gasteiger charge is 2.13. The molecule has 112 valence electrons. The van der Waals surface area contributed by atoms with Gasteiger partial charge in [-0.15, -0.1) is 0 Å². The summed E-state index contributed by atoms with van der Waals surface area (Å²) in [6.45, 7) is 0.861. The van der Waals surface area contributed by atoms with Crippen LogP contribution in [0.2, 0.25) is 0 Å². The molecule has 0 N–H and O–H groups in total. The molecule has 0 saturated carbocycles. The minimum atomic E-state index is -1.26. The lowest BCUT2D eigenvalue weighted by molar-refractivity contribution is 0.176. The van der Waals surface area contributed by atoms with E-state index in [0.29, 0.717) is 11.1 Å². The molecule has 0 fully saturated rings. The van der Waals surface area contributed by atoms with Gasteiger partial charge in [0.25, 0.3) is 0 Å². The Morgan fingerprint density at radius 1 is 0.952 bits per heavy atom. The number of halogens is 3. The Labute approximate surface area is 122 Å². The number of rotatable bonds is 6. The van der Waals surface area contributed by atoms with Gasteiger partial charge in [0.15, 0.2) is 17.4 Å². The second kappa shape index (κ2) is 7.16. The molecule has 0 atom stereocenters. The molecule has 1 nitrogen and oxygen atoms in total. The molecule has 21 heavy (non-hydrogen) atoms. The third kappa shape index (κ3) is 3.78. The number of aryl methyl sites for hydroxylation is 1. The molecule has 0 aliphatic heterocycles. The van der Waals surface area contributed by atoms with Crippen LogP contribution >= 0.6 is 0 Å². The molecule has 0 saturated heterocycles. The van der Waals surface area contributed by atoms with Crippen molar-refractivity contribution in [3.05, 3.63) is 53.6 Å². The third-order valence-electron chi connectivity index (χ3n) is 3.30. The molecule has 0 unspecified atom stereocenters. The Bertz CT molecular complexity index is 570. The number of benzene rings is 2. The van der Waals surface area contributed by atoms with Crippen molar-refractivity contribution in [2.24, 2.45) is 0 Å². The SMILES string of the molecule is CCCCc1ccc(-c2cc(F)c(OCF)c(F)c2)cc1. The quantitative estimate of drug-likeness (QED) is 0.704. The average Bonchev–Trinajstić information content (AvgIpc) is 2.49. The Kier molecular flexibility index (Phi) is 5.26. The van der Waals surface area contributed by atoms with Crippen molar-refractivity contribution in [2.45, 2.75) is 26.2 Å². The largest absolute Gasteiger partial charge is 0.457 e. The summed E-state index contributed by atoms with van der Waals surface area (Å²) in [5, 5.41) is 0. The zero-order valence-corrected chi connectivity index (χ0v) is 11.8. The second-order valence-electron chi connectivity index (χ2n) is 4.82. The normalized spacial score (nSPS) is 10.7. The zero-order chi connectivity index (χ0) is 15.2. The van der Waals surface area contributed by atoms with E-state index in [2.05, 4.69) is 11.7 Å². The summed E-state index contributed by atoms with van der Waals surface area (Å²) in [4.78, 5) is 0. The molecule has 2 aromatic carbocycles. The van der Waals surface area contributed by atoms with Crippen LogP contribution in [-0.2, 0) is 6.42 Å². The maximum Gasteiger partial charge on any atom is 0.228 e. The molecular weight excluding hydrogens is 277 g/mol. The van der Waals surface area contributed by atoms with Gasteiger partial charge in [-0.25, -0.2) is 13.2 Å². The first-order chi connectivity index (χ1) is 10.2. The van der Waals surface area contributed by atoms with Gasteiger partial charge in [0.2, 0.25) is 6.86 Å². The Hall–Kier alpha value is -1.97. The first kappa shape index (κ1) is 15.4. The molecule has 0 aromatic heterocycles. The van der Waals surface area contributed by atoms with Crippen LogP contribution in [0.25, 0.3) is 11.1 Å². The Morgan fingerprint density at radius 2 is 1.57 bits per heavy atom. The molecule has 2 aromatic rings. The van der Waals surface area contributed by atoms with Gasteiger partial charge in [-0.2, -0.15) is 0 Å². The van der Waals surface area contributed by atoms with Crippen LogP contribution in [0.4, 0.5) is 13.2 Å². The van der Waals surface area contributed by atoms with Crippen LogP contribution in [0, 0.1) is 11.6 Å². The second-order valence-corrected chi connectivity index (χ2v) is 4.82. The van der Waals surface area contributed by atoms with Crippen molar-refractivity contribution in [1.29, 1.82) is 0 Å². The van der Waals surface area contributed by atoms with Crippen molar-refractivity contribution in [1.82, 2.24) is 0 Å². The van der Waals surface area contributed by atoms with Crippen molar-refractivity contribution < 1.29 is 17.9 Å². The van der Waals surface area contributed by atoms with Gasteiger partial charge in [0.05, 0.1) is 0 Å². The molecule has 0 spiro atoms. The lowest BCUT2D eigenvalue weighted by Gasteiger charge is -2.08. The minimum absolute atomic E-state index is 0.401. The Balaban J connectivity index is 2.25. The lowest BCUT2D eigenvalue weighted by atomic mass is 10.0. The van der Waals surface area contributed by atoms with Gasteiger partial charge in [-0.1, -0.05) is 37.6 Å². The molecule has 2 rings (SSSR count). The zero-order valence-electron chi connectivity index (χ0n) is 11.8. The van der Waals surface area contributed by atoms with E-state index < -0.39 is 24.2 Å². The summed E-state index contributed by atoms with van der Waals surface area (Å²) in [6.07, 6.45) is 3.22. The number of hydrogen-bond acceptors (Lipinski definition) is 1. The lowest BCUT2D eigenvalue weighted by Crippen LogP contribution is -1.97. The summed E-state index contributed by atoms with van der Waals surface area (Å²) in [5.74, 6) is -2.49. The minimum Gasteiger partial charge on any atom is -0.457 e. The van der Waals surface area contributed by atoms with E-state index in [-0.39, 0.29) is 0 Å². The van der Waals surface area contributed by atoms with Gasteiger partial charge in [-0.05, 0) is 41.7 Å². The average molecular weight is 294 g/mol. The number of unbranched alkanes of at least 4 members (excludes halogenated alkanes) is 1. The van der Waals surface area contributed by atoms with E-state index in [9.17, 15) is 13.2 Å². The number of hydrogen-bond donors (Lipinski definition) is 0. The van der Waals surface area contributed by atoms with E-state index in [0.717, 1.165) is 31.4 Å². The van der Waals surface area contributed by atoms with Crippen LogP contribution in [-0.4, -0.2) is 6.86 Å². The highest BCUT2D eigenvalue weighted by molar-refractivity contribution is 5.65. The van der Waals surface area contributed by atoms with Crippen molar-refractivity contribution in [3.63, 3.8) is 0 Å². The highest BCUT2D eigenvalue weighted by Crippen LogP contribution is 2.29. The smallest absolute Gasteiger partial charge is 0.228 e. The molecule has 0 aliphatic rings. The fourth-order valence-electron chi connectivity index (χ4n) is 2.16. The molecule has 0 amide bonds. The highest BCUT2D eigenvalue weighted by atomic mass is 19.1. The molecular formula is C17H17F3O. The molecule has 0 radical (unpaired) electrons. The predicted molar refractivity (Wildman–Crippen MR) is 77.0 cm³/mol. The number of ether oxygens (including phenoxy) is 1. The molecule has 0 bridgehead atoms. The molecule has 4 heteroatoms. The first-order valence-corrected chi connectivity index (χ1v) is 6.92. The van der Waals surface area contributed by atoms with Gasteiger partial charge in [0, 0.05) is 0 Å². The van der Waals surface area contributed by atoms with Gasteiger partial charge < -0.3 is 4.74 Å². The maximum absolute atomic E-state index is 13.7. The summed E-state index contributed by atoms with van der Waals surface area (Å²) in [6, 6.07) is 9.85. The summed E-state index contributed by atoms with van der Waals surface area (Å²) in [5.41, 5.74) is 2.30. The topological polar surface area (TPSA) is 9.23 Å². The van der Waals surface area contributed by atoms with Gasteiger partial charge in [-0.3, -0.25) is 0 Å². The fraction of sp³-hybridized carbons (Fsp3) is 0.294. The third-order valence-corrected chi connectivity index (χ3v) is 3.30. The fourth-order valence-corrected chi connectivity index (χ4v) is 2.16. The van der Waals surface area contributed by atoms with E-state index in [1.165, 1.54) is 5.56 Å². The summed E-state index contributed by atoms with van der Waals surface area (Å²) >= 11 is 0. The van der Waals surface area contributed by atoms with Gasteiger partial charge >= 0.3 is 0 Å². The summed E-state index contributed by atoms with van der Waals surface area (Å²) < 4.78 is 43.8. The Morgan fingerprint density at radius 3 is 2.10 bits per heavy atom. The molecule has 0 heterocycles. The summed E-state index contributed by atoms with van der Waals surface area (Å²) in [7, 11) is 0. The number of alkyl halides is 1. The first-order valence-electron chi connectivity index (χ1n) is 6.92. The van der Waals surface area contributed by atoms with E-state index >= 15 is 0 Å². The van der Waals surface area contributed by atoms with Crippen molar-refractivity contribution in [3.8, 4) is 16.9 Å². The maximum atomic E-state index is 13.7. The predicted octanol–water partition coefficient (Wildman–Crippen LogP) is 5.28. The standard InChI is InChI=1S/C17H17F3O/c1-2-3-4-12-5-7-13(8-6-12)14-9-15(19)17(21-11-18)16(20)10-14/h5-10H,2-4,11H2,1H3. The van der Waals surface area contributed by atoms with Crippen LogP contribution < -0.4 is 4.74 Å². The monoisotopic (exact) mass is 294 g/mol.